The van der Waals surface area contributed by atoms with E-state index in [0.29, 0.717) is 13.1 Å². The summed E-state index contributed by atoms with van der Waals surface area (Å²) in [6, 6.07) is 8.99. The van der Waals surface area contributed by atoms with E-state index in [1.165, 1.54) is 24.3 Å². The summed E-state index contributed by atoms with van der Waals surface area (Å²) in [6.07, 6.45) is 0. The van der Waals surface area contributed by atoms with E-state index in [2.05, 4.69) is 0 Å². The van der Waals surface area contributed by atoms with Gasteiger partial charge in [0.1, 0.15) is 17.5 Å². The lowest BCUT2D eigenvalue weighted by atomic mass is 10.1. The summed E-state index contributed by atoms with van der Waals surface area (Å²) in [7, 11) is 1.84. The molecule has 0 aliphatic heterocycles. The molecular weight excluding hydrogens is 277 g/mol. The van der Waals surface area contributed by atoms with Gasteiger partial charge in [0.2, 0.25) is 0 Å². The number of likely N-dealkylation sites (N-methyl/N-ethyl adjacent to an activating group) is 1. The predicted octanol–water partition coefficient (Wildman–Crippen LogP) is 3.24. The van der Waals surface area contributed by atoms with E-state index >= 15 is 0 Å². The van der Waals surface area contributed by atoms with Crippen molar-refractivity contribution >= 4 is 0 Å². The predicted molar refractivity (Wildman–Crippen MR) is 76.0 cm³/mol. The van der Waals surface area contributed by atoms with Crippen molar-refractivity contribution in [2.24, 2.45) is 5.73 Å². The van der Waals surface area contributed by atoms with Gasteiger partial charge in [0.05, 0.1) is 0 Å². The molecule has 21 heavy (non-hydrogen) atoms. The minimum atomic E-state index is -0.641. The Morgan fingerprint density at radius 2 is 1.62 bits per heavy atom. The van der Waals surface area contributed by atoms with Gasteiger partial charge in [-0.05, 0) is 30.8 Å². The molecule has 2 rings (SSSR count). The van der Waals surface area contributed by atoms with Crippen molar-refractivity contribution in [1.29, 1.82) is 0 Å². The van der Waals surface area contributed by atoms with Gasteiger partial charge < -0.3 is 10.6 Å². The number of halogens is 3. The van der Waals surface area contributed by atoms with Gasteiger partial charge in [0.15, 0.2) is 0 Å². The third kappa shape index (κ3) is 4.31. The van der Waals surface area contributed by atoms with Gasteiger partial charge in [-0.1, -0.05) is 18.2 Å². The Morgan fingerprint density at radius 1 is 1.00 bits per heavy atom. The highest BCUT2D eigenvalue weighted by molar-refractivity contribution is 5.22. The molecular formula is C16H17F3N2. The third-order valence-electron chi connectivity index (χ3n) is 3.24. The van der Waals surface area contributed by atoms with Gasteiger partial charge >= 0.3 is 0 Å². The minimum Gasteiger partial charge on any atom is -0.323 e. The molecule has 1 unspecified atom stereocenters. The lowest BCUT2D eigenvalue weighted by molar-refractivity contribution is 0.302. The molecule has 0 aliphatic rings. The Bertz CT molecular complexity index is 599. The molecule has 0 bridgehead atoms. The van der Waals surface area contributed by atoms with Crippen LogP contribution in [0.5, 0.6) is 0 Å². The highest BCUT2D eigenvalue weighted by atomic mass is 19.1. The van der Waals surface area contributed by atoms with Crippen LogP contribution in [0, 0.1) is 17.5 Å². The molecule has 0 saturated heterocycles. The van der Waals surface area contributed by atoms with E-state index in [-0.39, 0.29) is 11.4 Å². The van der Waals surface area contributed by atoms with Gasteiger partial charge in [-0.25, -0.2) is 13.2 Å². The van der Waals surface area contributed by atoms with Crippen LogP contribution in [0.4, 0.5) is 13.2 Å². The number of nitrogens with two attached hydrogens (primary N) is 1. The summed E-state index contributed by atoms with van der Waals surface area (Å²) in [5, 5.41) is 0. The van der Waals surface area contributed by atoms with Crippen molar-refractivity contribution in [3.05, 3.63) is 71.0 Å². The van der Waals surface area contributed by atoms with Crippen molar-refractivity contribution < 1.29 is 13.2 Å². The molecule has 2 aromatic carbocycles. The number of rotatable bonds is 5. The summed E-state index contributed by atoms with van der Waals surface area (Å²) >= 11 is 0. The van der Waals surface area contributed by atoms with Crippen LogP contribution in [0.3, 0.4) is 0 Å². The van der Waals surface area contributed by atoms with Gasteiger partial charge in [-0.2, -0.15) is 0 Å². The number of benzene rings is 2. The van der Waals surface area contributed by atoms with Gasteiger partial charge in [-0.3, -0.25) is 0 Å². The van der Waals surface area contributed by atoms with Crippen molar-refractivity contribution in [2.45, 2.75) is 12.6 Å². The standard InChI is InChI=1S/C16H17F3N2/c1-21(9-11-2-4-12(17)5-3-11)10-16(20)14-7-6-13(18)8-15(14)19/h2-8,16H,9-10,20H2,1H3. The van der Waals surface area contributed by atoms with Crippen LogP contribution >= 0.6 is 0 Å². The van der Waals surface area contributed by atoms with Crippen LogP contribution in [-0.4, -0.2) is 18.5 Å². The molecule has 0 radical (unpaired) electrons. The molecule has 0 aliphatic carbocycles. The van der Waals surface area contributed by atoms with E-state index < -0.39 is 17.7 Å². The average molecular weight is 294 g/mol. The van der Waals surface area contributed by atoms with Crippen molar-refractivity contribution in [2.75, 3.05) is 13.6 Å². The van der Waals surface area contributed by atoms with Crippen LogP contribution in [0.1, 0.15) is 17.2 Å². The zero-order chi connectivity index (χ0) is 15.4. The first-order chi connectivity index (χ1) is 9.95. The van der Waals surface area contributed by atoms with Gasteiger partial charge in [0.25, 0.3) is 0 Å². The van der Waals surface area contributed by atoms with Crippen molar-refractivity contribution in [3.8, 4) is 0 Å². The van der Waals surface area contributed by atoms with E-state index in [0.717, 1.165) is 11.6 Å². The van der Waals surface area contributed by atoms with E-state index in [1.54, 1.807) is 12.1 Å². The maximum atomic E-state index is 13.6. The van der Waals surface area contributed by atoms with Gasteiger partial charge in [0, 0.05) is 30.8 Å². The molecule has 112 valence electrons. The molecule has 5 heteroatoms. The Labute approximate surface area is 122 Å². The quantitative estimate of drug-likeness (QED) is 0.917. The maximum absolute atomic E-state index is 13.6. The fourth-order valence-corrected chi connectivity index (χ4v) is 2.20. The van der Waals surface area contributed by atoms with Crippen LogP contribution in [0.25, 0.3) is 0 Å². The SMILES string of the molecule is CN(Cc1ccc(F)cc1)CC(N)c1ccc(F)cc1F. The third-order valence-corrected chi connectivity index (χ3v) is 3.24. The molecule has 0 heterocycles. The highest BCUT2D eigenvalue weighted by Crippen LogP contribution is 2.17. The maximum Gasteiger partial charge on any atom is 0.130 e. The van der Waals surface area contributed by atoms with Crippen LogP contribution in [0.2, 0.25) is 0 Å². The summed E-state index contributed by atoms with van der Waals surface area (Å²) in [6.45, 7) is 0.969. The average Bonchev–Trinajstić information content (AvgIpc) is 2.41. The summed E-state index contributed by atoms with van der Waals surface area (Å²) in [5.41, 5.74) is 7.18. The first kappa shape index (κ1) is 15.5. The Kier molecular flexibility index (Phi) is 4.98. The number of nitrogens with zero attached hydrogens (tertiary/aromatic N) is 1. The zero-order valence-electron chi connectivity index (χ0n) is 11.7. The lowest BCUT2D eigenvalue weighted by Crippen LogP contribution is -2.29. The van der Waals surface area contributed by atoms with Crippen LogP contribution < -0.4 is 5.73 Å². The minimum absolute atomic E-state index is 0.280. The number of hydrogen-bond acceptors (Lipinski definition) is 2. The second-order valence-corrected chi connectivity index (χ2v) is 5.10. The smallest absolute Gasteiger partial charge is 0.130 e. The molecule has 0 saturated carbocycles. The van der Waals surface area contributed by atoms with Crippen molar-refractivity contribution in [1.82, 2.24) is 4.90 Å². The number of hydrogen-bond donors (Lipinski definition) is 1. The summed E-state index contributed by atoms with van der Waals surface area (Å²) in [4.78, 5) is 1.90. The monoisotopic (exact) mass is 294 g/mol. The van der Waals surface area contributed by atoms with E-state index in [1.807, 2.05) is 11.9 Å². The largest absolute Gasteiger partial charge is 0.323 e. The van der Waals surface area contributed by atoms with Gasteiger partial charge in [-0.15, -0.1) is 0 Å². The molecule has 0 fully saturated rings. The molecule has 1 atom stereocenters. The Hall–Kier alpha value is -1.85. The second-order valence-electron chi connectivity index (χ2n) is 5.10. The summed E-state index contributed by atoms with van der Waals surface area (Å²) < 4.78 is 39.3. The summed E-state index contributed by atoms with van der Waals surface area (Å²) in [5.74, 6) is -1.55. The Balaban J connectivity index is 1.98. The topological polar surface area (TPSA) is 29.3 Å². The van der Waals surface area contributed by atoms with E-state index in [4.69, 9.17) is 5.73 Å². The zero-order valence-corrected chi connectivity index (χ0v) is 11.7. The second kappa shape index (κ2) is 6.74. The lowest BCUT2D eigenvalue weighted by Gasteiger charge is -2.22. The molecule has 0 spiro atoms. The fraction of sp³-hybridized carbons (Fsp3) is 0.250. The fourth-order valence-electron chi connectivity index (χ4n) is 2.20. The molecule has 2 aromatic rings. The molecule has 0 aromatic heterocycles. The van der Waals surface area contributed by atoms with Crippen molar-refractivity contribution in [3.63, 3.8) is 0 Å². The molecule has 2 N–H and O–H groups in total. The highest BCUT2D eigenvalue weighted by Gasteiger charge is 2.14. The van der Waals surface area contributed by atoms with E-state index in [9.17, 15) is 13.2 Å². The Morgan fingerprint density at radius 3 is 2.24 bits per heavy atom. The first-order valence-electron chi connectivity index (χ1n) is 6.59. The van der Waals surface area contributed by atoms with Crippen LogP contribution in [-0.2, 0) is 6.54 Å². The van der Waals surface area contributed by atoms with Crippen LogP contribution in [0.15, 0.2) is 42.5 Å². The first-order valence-corrected chi connectivity index (χ1v) is 6.59. The molecule has 0 amide bonds. The molecule has 2 nitrogen and oxygen atoms in total. The normalized spacial score (nSPS) is 12.7.